The molecule has 2 nitrogen and oxygen atoms in total. The molecule has 0 saturated heterocycles. The van der Waals surface area contributed by atoms with Gasteiger partial charge in [-0.3, -0.25) is 0 Å². The molecular weight excluding hydrogens is 232 g/mol. The topological polar surface area (TPSA) is 15.3 Å². The van der Waals surface area contributed by atoms with Gasteiger partial charge in [-0.1, -0.05) is 30.7 Å². The molecule has 0 amide bonds. The molecule has 96 valence electrons. The quantitative estimate of drug-likeness (QED) is 0.751. The monoisotopic (exact) mass is 254 g/mol. The van der Waals surface area contributed by atoms with Crippen LogP contribution in [0.15, 0.2) is 24.3 Å². The maximum absolute atomic E-state index is 6.01. The van der Waals surface area contributed by atoms with Gasteiger partial charge in [0.05, 0.1) is 0 Å². The molecule has 3 heteroatoms. The number of halogens is 1. The zero-order chi connectivity index (χ0) is 12.7. The van der Waals surface area contributed by atoms with E-state index in [1.54, 1.807) is 0 Å². The van der Waals surface area contributed by atoms with Crippen molar-refractivity contribution in [2.24, 2.45) is 0 Å². The minimum Gasteiger partial charge on any atom is -0.310 e. The Balaban J connectivity index is 2.43. The minimum atomic E-state index is 0.413. The van der Waals surface area contributed by atoms with E-state index in [1.165, 1.54) is 12.0 Å². The number of nitrogens with one attached hydrogen (secondary N) is 1. The van der Waals surface area contributed by atoms with Gasteiger partial charge in [0.1, 0.15) is 0 Å². The Morgan fingerprint density at radius 3 is 2.71 bits per heavy atom. The van der Waals surface area contributed by atoms with E-state index in [4.69, 9.17) is 11.6 Å². The van der Waals surface area contributed by atoms with Gasteiger partial charge < -0.3 is 10.2 Å². The fraction of sp³-hybridized carbons (Fsp3) is 0.571. The first-order valence-corrected chi connectivity index (χ1v) is 6.65. The average Bonchev–Trinajstić information content (AvgIpc) is 2.29. The molecular formula is C14H23ClN2. The SMILES string of the molecule is CCC(NCCCN(C)C)c1cccc(Cl)c1. The average molecular weight is 255 g/mol. The summed E-state index contributed by atoms with van der Waals surface area (Å²) in [6.07, 6.45) is 2.26. The summed E-state index contributed by atoms with van der Waals surface area (Å²) >= 11 is 6.01. The molecule has 1 atom stereocenters. The molecule has 0 saturated carbocycles. The molecule has 0 aromatic heterocycles. The van der Waals surface area contributed by atoms with Crippen molar-refractivity contribution >= 4 is 11.6 Å². The van der Waals surface area contributed by atoms with Crippen molar-refractivity contribution in [3.05, 3.63) is 34.9 Å². The van der Waals surface area contributed by atoms with Crippen LogP contribution in [0.4, 0.5) is 0 Å². The van der Waals surface area contributed by atoms with Crippen LogP contribution in [0, 0.1) is 0 Å². The molecule has 1 unspecified atom stereocenters. The maximum atomic E-state index is 6.01. The highest BCUT2D eigenvalue weighted by Crippen LogP contribution is 2.20. The lowest BCUT2D eigenvalue weighted by molar-refractivity contribution is 0.385. The molecule has 0 heterocycles. The van der Waals surface area contributed by atoms with Gasteiger partial charge in [-0.05, 0) is 57.7 Å². The Hall–Kier alpha value is -0.570. The third-order valence-electron chi connectivity index (χ3n) is 2.83. The van der Waals surface area contributed by atoms with Crippen LogP contribution < -0.4 is 5.32 Å². The van der Waals surface area contributed by atoms with Crippen molar-refractivity contribution in [2.75, 3.05) is 27.2 Å². The summed E-state index contributed by atoms with van der Waals surface area (Å²) in [5, 5.41) is 4.40. The zero-order valence-corrected chi connectivity index (χ0v) is 11.8. The van der Waals surface area contributed by atoms with Crippen LogP contribution in [-0.2, 0) is 0 Å². The molecule has 0 spiro atoms. The molecule has 0 aliphatic rings. The summed E-state index contributed by atoms with van der Waals surface area (Å²) in [5.41, 5.74) is 1.28. The number of benzene rings is 1. The van der Waals surface area contributed by atoms with Crippen molar-refractivity contribution in [3.8, 4) is 0 Å². The second kappa shape index (κ2) is 7.70. The fourth-order valence-corrected chi connectivity index (χ4v) is 2.09. The first-order valence-electron chi connectivity index (χ1n) is 6.27. The third kappa shape index (κ3) is 5.53. The number of rotatable bonds is 7. The third-order valence-corrected chi connectivity index (χ3v) is 3.07. The maximum Gasteiger partial charge on any atom is 0.0409 e. The minimum absolute atomic E-state index is 0.413. The molecule has 1 aromatic rings. The number of hydrogen-bond donors (Lipinski definition) is 1. The van der Waals surface area contributed by atoms with Gasteiger partial charge in [-0.15, -0.1) is 0 Å². The fourth-order valence-electron chi connectivity index (χ4n) is 1.89. The molecule has 1 aromatic carbocycles. The Kier molecular flexibility index (Phi) is 6.56. The smallest absolute Gasteiger partial charge is 0.0409 e. The standard InChI is InChI=1S/C14H23ClN2/c1-4-14(16-9-6-10-17(2)3)12-7-5-8-13(15)11-12/h5,7-8,11,14,16H,4,6,9-10H2,1-3H3. The highest BCUT2D eigenvalue weighted by molar-refractivity contribution is 6.30. The van der Waals surface area contributed by atoms with Gasteiger partial charge in [0.2, 0.25) is 0 Å². The normalized spacial score (nSPS) is 13.0. The van der Waals surface area contributed by atoms with Crippen LogP contribution in [0.5, 0.6) is 0 Å². The molecule has 17 heavy (non-hydrogen) atoms. The zero-order valence-electron chi connectivity index (χ0n) is 11.0. The predicted octanol–water partition coefficient (Wildman–Crippen LogP) is 3.33. The Morgan fingerprint density at radius 2 is 2.12 bits per heavy atom. The lowest BCUT2D eigenvalue weighted by Gasteiger charge is -2.18. The van der Waals surface area contributed by atoms with Gasteiger partial charge in [0.15, 0.2) is 0 Å². The molecule has 1 N–H and O–H groups in total. The van der Waals surface area contributed by atoms with Gasteiger partial charge in [0, 0.05) is 11.1 Å². The van der Waals surface area contributed by atoms with Crippen molar-refractivity contribution in [2.45, 2.75) is 25.8 Å². The van der Waals surface area contributed by atoms with E-state index in [0.717, 1.165) is 24.5 Å². The van der Waals surface area contributed by atoms with E-state index in [-0.39, 0.29) is 0 Å². The summed E-state index contributed by atoms with van der Waals surface area (Å²) in [6.45, 7) is 4.37. The van der Waals surface area contributed by atoms with E-state index < -0.39 is 0 Å². The van der Waals surface area contributed by atoms with Crippen molar-refractivity contribution in [1.82, 2.24) is 10.2 Å². The number of nitrogens with zero attached hydrogens (tertiary/aromatic N) is 1. The summed E-state index contributed by atoms with van der Waals surface area (Å²) in [7, 11) is 4.21. The van der Waals surface area contributed by atoms with Crippen LogP contribution in [0.1, 0.15) is 31.4 Å². The van der Waals surface area contributed by atoms with E-state index in [0.29, 0.717) is 6.04 Å². The summed E-state index contributed by atoms with van der Waals surface area (Å²) in [6, 6.07) is 8.54. The lowest BCUT2D eigenvalue weighted by atomic mass is 10.0. The van der Waals surface area contributed by atoms with Crippen LogP contribution in [-0.4, -0.2) is 32.1 Å². The Labute approximate surface area is 110 Å². The van der Waals surface area contributed by atoms with E-state index in [9.17, 15) is 0 Å². The number of hydrogen-bond acceptors (Lipinski definition) is 2. The second-order valence-corrected chi connectivity index (χ2v) is 5.06. The second-order valence-electron chi connectivity index (χ2n) is 4.63. The molecule has 0 aliphatic heterocycles. The first-order chi connectivity index (χ1) is 8.13. The molecule has 0 fully saturated rings. The molecule has 0 bridgehead atoms. The molecule has 1 rings (SSSR count). The Bertz CT molecular complexity index is 326. The highest BCUT2D eigenvalue weighted by atomic mass is 35.5. The van der Waals surface area contributed by atoms with Gasteiger partial charge in [0.25, 0.3) is 0 Å². The summed E-state index contributed by atoms with van der Waals surface area (Å²) < 4.78 is 0. The van der Waals surface area contributed by atoms with Gasteiger partial charge >= 0.3 is 0 Å². The van der Waals surface area contributed by atoms with Crippen LogP contribution in [0.2, 0.25) is 5.02 Å². The van der Waals surface area contributed by atoms with E-state index in [2.05, 4.69) is 43.4 Å². The van der Waals surface area contributed by atoms with E-state index in [1.807, 2.05) is 12.1 Å². The van der Waals surface area contributed by atoms with Crippen LogP contribution in [0.3, 0.4) is 0 Å². The molecule has 0 radical (unpaired) electrons. The predicted molar refractivity (Wildman–Crippen MR) is 75.7 cm³/mol. The lowest BCUT2D eigenvalue weighted by Crippen LogP contribution is -2.25. The van der Waals surface area contributed by atoms with Crippen molar-refractivity contribution < 1.29 is 0 Å². The van der Waals surface area contributed by atoms with E-state index >= 15 is 0 Å². The van der Waals surface area contributed by atoms with Gasteiger partial charge in [-0.2, -0.15) is 0 Å². The largest absolute Gasteiger partial charge is 0.310 e. The van der Waals surface area contributed by atoms with Crippen LogP contribution >= 0.6 is 11.6 Å². The summed E-state index contributed by atoms with van der Waals surface area (Å²) in [5.74, 6) is 0. The van der Waals surface area contributed by atoms with Crippen LogP contribution in [0.25, 0.3) is 0 Å². The Morgan fingerprint density at radius 1 is 1.35 bits per heavy atom. The van der Waals surface area contributed by atoms with Gasteiger partial charge in [-0.25, -0.2) is 0 Å². The van der Waals surface area contributed by atoms with Crippen molar-refractivity contribution in [3.63, 3.8) is 0 Å². The highest BCUT2D eigenvalue weighted by Gasteiger charge is 2.08. The summed E-state index contributed by atoms with van der Waals surface area (Å²) in [4.78, 5) is 2.21. The van der Waals surface area contributed by atoms with Crippen molar-refractivity contribution in [1.29, 1.82) is 0 Å². The molecule has 0 aliphatic carbocycles. The first kappa shape index (κ1) is 14.5.